The van der Waals surface area contributed by atoms with Crippen molar-refractivity contribution in [2.45, 2.75) is 33.2 Å². The van der Waals surface area contributed by atoms with Gasteiger partial charge in [-0.3, -0.25) is 4.79 Å². The number of hydrogen-bond donors (Lipinski definition) is 1. The first kappa shape index (κ1) is 21.9. The summed E-state index contributed by atoms with van der Waals surface area (Å²) in [6.45, 7) is 6.26. The van der Waals surface area contributed by atoms with E-state index in [-0.39, 0.29) is 11.8 Å². The Hall–Kier alpha value is -2.90. The smallest absolute Gasteiger partial charge is 0.223 e. The highest BCUT2D eigenvalue weighted by molar-refractivity contribution is 7.09. The van der Waals surface area contributed by atoms with Crippen LogP contribution in [0.25, 0.3) is 16.8 Å². The lowest BCUT2D eigenvalue weighted by Crippen LogP contribution is -2.41. The third-order valence-corrected chi connectivity index (χ3v) is 7.34. The summed E-state index contributed by atoms with van der Waals surface area (Å²) in [5.41, 5.74) is 4.81. The van der Waals surface area contributed by atoms with E-state index in [1.807, 2.05) is 54.1 Å². The van der Waals surface area contributed by atoms with Crippen molar-refractivity contribution >= 4 is 40.3 Å². The Labute approximate surface area is 202 Å². The fourth-order valence-corrected chi connectivity index (χ4v) is 5.28. The number of benzene rings is 1. The monoisotopic (exact) mass is 479 g/mol. The minimum absolute atomic E-state index is 0.0450. The van der Waals surface area contributed by atoms with Crippen molar-refractivity contribution < 1.29 is 4.79 Å². The molecule has 0 radical (unpaired) electrons. The van der Waals surface area contributed by atoms with Gasteiger partial charge in [-0.1, -0.05) is 29.8 Å². The van der Waals surface area contributed by atoms with E-state index < -0.39 is 0 Å². The van der Waals surface area contributed by atoms with Gasteiger partial charge in [0.25, 0.3) is 0 Å². The van der Waals surface area contributed by atoms with E-state index in [1.165, 1.54) is 4.88 Å². The van der Waals surface area contributed by atoms with Crippen LogP contribution in [-0.4, -0.2) is 33.6 Å². The van der Waals surface area contributed by atoms with Crippen molar-refractivity contribution in [3.63, 3.8) is 0 Å². The lowest BCUT2D eigenvalue weighted by atomic mass is 9.96. The summed E-state index contributed by atoms with van der Waals surface area (Å²) in [6.07, 6.45) is 1.65. The lowest BCUT2D eigenvalue weighted by molar-refractivity contribution is -0.125. The first-order chi connectivity index (χ1) is 16.0. The fraction of sp³-hybridized carbons (Fsp3) is 0.320. The molecule has 1 fully saturated rings. The molecular weight excluding hydrogens is 454 g/mol. The Morgan fingerprint density at radius 3 is 2.64 bits per heavy atom. The number of aromatic nitrogens is 3. The number of anilines is 1. The Balaban J connectivity index is 1.36. The fourth-order valence-electron chi connectivity index (χ4n) is 4.51. The molecule has 0 aliphatic carbocycles. The van der Waals surface area contributed by atoms with E-state index in [2.05, 4.69) is 22.3 Å². The molecule has 8 heteroatoms. The molecule has 5 rings (SSSR count). The lowest BCUT2D eigenvalue weighted by Gasteiger charge is -2.33. The quantitative estimate of drug-likeness (QED) is 0.424. The van der Waals surface area contributed by atoms with Crippen LogP contribution in [-0.2, 0) is 11.3 Å². The molecule has 33 heavy (non-hydrogen) atoms. The normalized spacial score (nSPS) is 14.7. The van der Waals surface area contributed by atoms with Crippen molar-refractivity contribution in [1.29, 1.82) is 0 Å². The molecule has 1 saturated heterocycles. The number of carbonyl (C=O) groups is 1. The van der Waals surface area contributed by atoms with Gasteiger partial charge in [-0.2, -0.15) is 9.61 Å². The number of carbonyl (C=O) groups excluding carboxylic acids is 1. The van der Waals surface area contributed by atoms with E-state index in [4.69, 9.17) is 21.7 Å². The standard InChI is InChI=1S/C25H26ClN5OS/c1-16-14-22(30-11-9-19(10-12-30)25(32)27-15-21-4-3-13-33-21)31-24(28-16)23(17(2)29-31)18-5-7-20(26)8-6-18/h3-8,13-14,19H,9-12,15H2,1-2H3,(H,27,32). The van der Waals surface area contributed by atoms with E-state index >= 15 is 0 Å². The average Bonchev–Trinajstić information content (AvgIpc) is 3.45. The van der Waals surface area contributed by atoms with Gasteiger partial charge in [0.1, 0.15) is 5.82 Å². The second-order valence-corrected chi connectivity index (χ2v) is 9.99. The van der Waals surface area contributed by atoms with E-state index in [1.54, 1.807) is 11.3 Å². The maximum absolute atomic E-state index is 12.7. The molecule has 4 aromatic rings. The molecule has 1 aliphatic rings. The SMILES string of the molecule is Cc1cc(N2CCC(C(=O)NCc3cccs3)CC2)n2nc(C)c(-c3ccc(Cl)cc3)c2n1. The zero-order valence-electron chi connectivity index (χ0n) is 18.7. The maximum atomic E-state index is 12.7. The van der Waals surface area contributed by atoms with Crippen LogP contribution in [0.2, 0.25) is 5.02 Å². The van der Waals surface area contributed by atoms with Gasteiger partial charge in [0.2, 0.25) is 5.91 Å². The predicted molar refractivity (Wildman–Crippen MR) is 134 cm³/mol. The Morgan fingerprint density at radius 1 is 1.18 bits per heavy atom. The van der Waals surface area contributed by atoms with Crippen LogP contribution in [0.15, 0.2) is 47.8 Å². The number of piperidine rings is 1. The van der Waals surface area contributed by atoms with Crippen LogP contribution in [0.5, 0.6) is 0 Å². The van der Waals surface area contributed by atoms with Crippen LogP contribution in [0.1, 0.15) is 29.1 Å². The Kier molecular flexibility index (Phi) is 6.08. The van der Waals surface area contributed by atoms with Crippen LogP contribution < -0.4 is 10.2 Å². The number of thiophene rings is 1. The highest BCUT2D eigenvalue weighted by Gasteiger charge is 2.27. The van der Waals surface area contributed by atoms with Crippen molar-refractivity contribution in [2.24, 2.45) is 5.92 Å². The van der Waals surface area contributed by atoms with Gasteiger partial charge in [0.15, 0.2) is 5.65 Å². The highest BCUT2D eigenvalue weighted by atomic mass is 35.5. The molecule has 6 nitrogen and oxygen atoms in total. The number of nitrogens with one attached hydrogen (secondary N) is 1. The van der Waals surface area contributed by atoms with Gasteiger partial charge >= 0.3 is 0 Å². The molecule has 1 amide bonds. The van der Waals surface area contributed by atoms with Gasteiger partial charge in [0.05, 0.1) is 12.2 Å². The molecular formula is C25H26ClN5OS. The molecule has 1 aromatic carbocycles. The minimum Gasteiger partial charge on any atom is -0.356 e. The van der Waals surface area contributed by atoms with Crippen LogP contribution in [0.4, 0.5) is 5.82 Å². The molecule has 4 heterocycles. The Morgan fingerprint density at radius 2 is 1.94 bits per heavy atom. The molecule has 3 aromatic heterocycles. The molecule has 0 saturated carbocycles. The second kappa shape index (κ2) is 9.15. The first-order valence-electron chi connectivity index (χ1n) is 11.2. The third kappa shape index (κ3) is 4.48. The first-order valence-corrected chi connectivity index (χ1v) is 12.4. The Bertz CT molecular complexity index is 1270. The van der Waals surface area contributed by atoms with Gasteiger partial charge < -0.3 is 10.2 Å². The highest BCUT2D eigenvalue weighted by Crippen LogP contribution is 2.32. The van der Waals surface area contributed by atoms with E-state index in [0.29, 0.717) is 11.6 Å². The zero-order valence-corrected chi connectivity index (χ0v) is 20.3. The van der Waals surface area contributed by atoms with Crippen molar-refractivity contribution in [2.75, 3.05) is 18.0 Å². The number of nitrogens with zero attached hydrogens (tertiary/aromatic N) is 4. The summed E-state index contributed by atoms with van der Waals surface area (Å²) in [5, 5.41) is 10.7. The predicted octanol–water partition coefficient (Wildman–Crippen LogP) is 5.26. The average molecular weight is 480 g/mol. The number of amides is 1. The van der Waals surface area contributed by atoms with E-state index in [0.717, 1.165) is 59.9 Å². The van der Waals surface area contributed by atoms with Crippen molar-refractivity contribution in [3.05, 3.63) is 69.1 Å². The van der Waals surface area contributed by atoms with Crippen LogP contribution >= 0.6 is 22.9 Å². The molecule has 0 bridgehead atoms. The molecule has 170 valence electrons. The molecule has 0 atom stereocenters. The number of fused-ring (bicyclic) bond motifs is 1. The van der Waals surface area contributed by atoms with Gasteiger partial charge in [0, 0.05) is 46.2 Å². The van der Waals surface area contributed by atoms with Gasteiger partial charge in [-0.05, 0) is 55.8 Å². The molecule has 1 aliphatic heterocycles. The molecule has 0 unspecified atom stereocenters. The largest absolute Gasteiger partial charge is 0.356 e. The summed E-state index contributed by atoms with van der Waals surface area (Å²) in [6, 6.07) is 14.0. The zero-order chi connectivity index (χ0) is 22.9. The number of hydrogen-bond acceptors (Lipinski definition) is 5. The van der Waals surface area contributed by atoms with Gasteiger partial charge in [-0.15, -0.1) is 11.3 Å². The third-order valence-electron chi connectivity index (χ3n) is 6.21. The number of rotatable bonds is 5. The number of aryl methyl sites for hydroxylation is 2. The van der Waals surface area contributed by atoms with Crippen molar-refractivity contribution in [1.82, 2.24) is 19.9 Å². The summed E-state index contributed by atoms with van der Waals surface area (Å²) in [4.78, 5) is 21.0. The van der Waals surface area contributed by atoms with Gasteiger partial charge in [-0.25, -0.2) is 4.98 Å². The second-order valence-electron chi connectivity index (χ2n) is 8.52. The van der Waals surface area contributed by atoms with Crippen molar-refractivity contribution in [3.8, 4) is 11.1 Å². The maximum Gasteiger partial charge on any atom is 0.223 e. The van der Waals surface area contributed by atoms with E-state index in [9.17, 15) is 4.79 Å². The summed E-state index contributed by atoms with van der Waals surface area (Å²) >= 11 is 7.76. The number of halogens is 1. The molecule has 1 N–H and O–H groups in total. The summed E-state index contributed by atoms with van der Waals surface area (Å²) < 4.78 is 1.95. The summed E-state index contributed by atoms with van der Waals surface area (Å²) in [5.74, 6) is 1.22. The van der Waals surface area contributed by atoms with Crippen LogP contribution in [0.3, 0.4) is 0 Å². The molecule has 0 spiro atoms. The minimum atomic E-state index is 0.0450. The van der Waals surface area contributed by atoms with Crippen LogP contribution in [0, 0.1) is 19.8 Å². The summed E-state index contributed by atoms with van der Waals surface area (Å²) in [7, 11) is 0. The topological polar surface area (TPSA) is 62.5 Å².